The number of benzene rings is 2. The predicted octanol–water partition coefficient (Wildman–Crippen LogP) is 1.99. The molecule has 0 saturated carbocycles. The van der Waals surface area contributed by atoms with Crippen molar-refractivity contribution >= 4 is 30.2 Å². The van der Waals surface area contributed by atoms with Crippen molar-refractivity contribution in [2.24, 2.45) is 0 Å². The maximum absolute atomic E-state index is 5.26. The Morgan fingerprint density at radius 2 is 1.93 bits per heavy atom. The molecule has 2 aromatic rings. The molecule has 3 rings (SSSR count). The molecular formula is C13H12OSe. The maximum atomic E-state index is 5.26. The van der Waals surface area contributed by atoms with Crippen LogP contribution in [0.15, 0.2) is 42.5 Å². The van der Waals surface area contributed by atoms with Gasteiger partial charge < -0.3 is 0 Å². The fourth-order valence-electron chi connectivity index (χ4n) is 1.67. The van der Waals surface area contributed by atoms with Gasteiger partial charge in [0.05, 0.1) is 0 Å². The van der Waals surface area contributed by atoms with Gasteiger partial charge in [-0.25, -0.2) is 0 Å². The van der Waals surface area contributed by atoms with Crippen LogP contribution in [-0.2, 0) is 4.74 Å². The molecule has 1 saturated heterocycles. The number of epoxide rings is 1. The Bertz CT molecular complexity index is 471. The van der Waals surface area contributed by atoms with Crippen molar-refractivity contribution < 1.29 is 4.74 Å². The second-order valence-electron chi connectivity index (χ2n) is 3.74. The van der Waals surface area contributed by atoms with Crippen LogP contribution < -0.4 is 4.46 Å². The summed E-state index contributed by atoms with van der Waals surface area (Å²) in [5.41, 5.74) is 0. The van der Waals surface area contributed by atoms with Gasteiger partial charge in [0.15, 0.2) is 0 Å². The summed E-state index contributed by atoms with van der Waals surface area (Å²) in [6.07, 6.45) is 0.559. The number of hydrogen-bond acceptors (Lipinski definition) is 1. The normalized spacial score (nSPS) is 19.3. The summed E-state index contributed by atoms with van der Waals surface area (Å²) in [6.45, 7) is 0.979. The van der Waals surface area contributed by atoms with Crippen molar-refractivity contribution in [3.8, 4) is 0 Å². The summed E-state index contributed by atoms with van der Waals surface area (Å²) >= 11 is 0.558. The van der Waals surface area contributed by atoms with Crippen LogP contribution in [0, 0.1) is 0 Å². The van der Waals surface area contributed by atoms with Crippen LogP contribution in [0.1, 0.15) is 0 Å². The second kappa shape index (κ2) is 3.97. The average molecular weight is 263 g/mol. The molecule has 1 atom stereocenters. The van der Waals surface area contributed by atoms with Gasteiger partial charge >= 0.3 is 95.4 Å². The first kappa shape index (κ1) is 9.41. The fourth-order valence-corrected chi connectivity index (χ4v) is 3.92. The predicted molar refractivity (Wildman–Crippen MR) is 63.9 cm³/mol. The molecule has 2 aromatic carbocycles. The second-order valence-corrected chi connectivity index (χ2v) is 5.97. The molecule has 1 heterocycles. The van der Waals surface area contributed by atoms with Crippen LogP contribution >= 0.6 is 0 Å². The summed E-state index contributed by atoms with van der Waals surface area (Å²) in [5, 5.41) is 4.00. The molecule has 0 N–H and O–H groups in total. The molecule has 0 aromatic heterocycles. The molecule has 1 unspecified atom stereocenters. The van der Waals surface area contributed by atoms with Crippen LogP contribution in [0.3, 0.4) is 0 Å². The van der Waals surface area contributed by atoms with E-state index < -0.39 is 0 Å². The zero-order valence-corrected chi connectivity index (χ0v) is 10.1. The van der Waals surface area contributed by atoms with Gasteiger partial charge in [0.25, 0.3) is 0 Å². The van der Waals surface area contributed by atoms with Gasteiger partial charge in [-0.15, -0.1) is 0 Å². The fraction of sp³-hybridized carbons (Fsp3) is 0.231. The molecule has 0 radical (unpaired) electrons. The first-order chi connectivity index (χ1) is 7.43. The van der Waals surface area contributed by atoms with Gasteiger partial charge in [-0.05, 0) is 0 Å². The van der Waals surface area contributed by atoms with E-state index in [0.717, 1.165) is 6.61 Å². The third-order valence-corrected chi connectivity index (χ3v) is 5.11. The molecule has 0 bridgehead atoms. The van der Waals surface area contributed by atoms with Crippen molar-refractivity contribution in [3.63, 3.8) is 0 Å². The average Bonchev–Trinajstić information content (AvgIpc) is 3.10. The molecule has 15 heavy (non-hydrogen) atoms. The summed E-state index contributed by atoms with van der Waals surface area (Å²) in [6, 6.07) is 15.2. The van der Waals surface area contributed by atoms with Crippen LogP contribution in [-0.4, -0.2) is 27.7 Å². The van der Waals surface area contributed by atoms with Crippen LogP contribution in [0.25, 0.3) is 10.8 Å². The first-order valence-corrected chi connectivity index (χ1v) is 7.22. The molecular weight excluding hydrogens is 251 g/mol. The van der Waals surface area contributed by atoms with Gasteiger partial charge in [0.1, 0.15) is 0 Å². The van der Waals surface area contributed by atoms with E-state index >= 15 is 0 Å². The summed E-state index contributed by atoms with van der Waals surface area (Å²) in [5.74, 6) is 0. The molecule has 1 nitrogen and oxygen atoms in total. The number of hydrogen-bond donors (Lipinski definition) is 0. The summed E-state index contributed by atoms with van der Waals surface area (Å²) in [4.78, 5) is 0. The van der Waals surface area contributed by atoms with E-state index in [1.165, 1.54) is 20.6 Å². The van der Waals surface area contributed by atoms with Crippen molar-refractivity contribution in [3.05, 3.63) is 42.5 Å². The third-order valence-electron chi connectivity index (χ3n) is 2.58. The van der Waals surface area contributed by atoms with Gasteiger partial charge in [-0.2, -0.15) is 0 Å². The van der Waals surface area contributed by atoms with Crippen molar-refractivity contribution in [1.29, 1.82) is 0 Å². The molecule has 1 aliphatic rings. The van der Waals surface area contributed by atoms with E-state index in [1.807, 2.05) is 0 Å². The van der Waals surface area contributed by atoms with Crippen LogP contribution in [0.5, 0.6) is 0 Å². The van der Waals surface area contributed by atoms with Crippen molar-refractivity contribution in [1.82, 2.24) is 0 Å². The molecule has 76 valence electrons. The van der Waals surface area contributed by atoms with Crippen molar-refractivity contribution in [2.45, 2.75) is 11.4 Å². The summed E-state index contributed by atoms with van der Waals surface area (Å²) < 4.78 is 6.77. The standard InChI is InChI=1S/C13H12OSe/c1-2-6-12-10(4-1)5-3-7-13(12)15-9-11-8-14-11/h1-7,11H,8-9H2. The SMILES string of the molecule is c1ccc2c([Se]CC3CO3)cccc2c1. The molecule has 1 fully saturated rings. The van der Waals surface area contributed by atoms with Gasteiger partial charge in [-0.3, -0.25) is 0 Å². The summed E-state index contributed by atoms with van der Waals surface area (Å²) in [7, 11) is 0. The van der Waals surface area contributed by atoms with E-state index in [1.54, 1.807) is 0 Å². The van der Waals surface area contributed by atoms with E-state index in [9.17, 15) is 0 Å². The van der Waals surface area contributed by atoms with E-state index in [4.69, 9.17) is 4.74 Å². The number of rotatable bonds is 3. The zero-order chi connectivity index (χ0) is 10.1. The third kappa shape index (κ3) is 2.07. The zero-order valence-electron chi connectivity index (χ0n) is 8.35. The minimum absolute atomic E-state index is 0.558. The molecule has 0 amide bonds. The first-order valence-electron chi connectivity index (χ1n) is 5.16. The topological polar surface area (TPSA) is 12.5 Å². The van der Waals surface area contributed by atoms with Crippen LogP contribution in [0.2, 0.25) is 5.32 Å². The Morgan fingerprint density at radius 3 is 2.80 bits per heavy atom. The Labute approximate surface area is 95.6 Å². The van der Waals surface area contributed by atoms with E-state index in [2.05, 4.69) is 42.5 Å². The van der Waals surface area contributed by atoms with Gasteiger partial charge in [0.2, 0.25) is 0 Å². The van der Waals surface area contributed by atoms with E-state index in [0.29, 0.717) is 21.1 Å². The Balaban J connectivity index is 1.93. The van der Waals surface area contributed by atoms with Gasteiger partial charge in [0, 0.05) is 0 Å². The molecule has 2 heteroatoms. The van der Waals surface area contributed by atoms with Crippen LogP contribution in [0.4, 0.5) is 0 Å². The Morgan fingerprint density at radius 1 is 1.13 bits per heavy atom. The minimum atomic E-state index is 0.558. The molecule has 0 spiro atoms. The Kier molecular flexibility index (Phi) is 2.49. The monoisotopic (exact) mass is 264 g/mol. The number of ether oxygens (including phenoxy) is 1. The molecule has 0 aliphatic carbocycles. The Hall–Kier alpha value is -0.821. The number of fused-ring (bicyclic) bond motifs is 1. The van der Waals surface area contributed by atoms with E-state index in [-0.39, 0.29) is 0 Å². The van der Waals surface area contributed by atoms with Crippen molar-refractivity contribution in [2.75, 3.05) is 6.61 Å². The quantitative estimate of drug-likeness (QED) is 0.609. The van der Waals surface area contributed by atoms with Gasteiger partial charge in [-0.1, -0.05) is 0 Å². The molecule has 1 aliphatic heterocycles.